The lowest BCUT2D eigenvalue weighted by Crippen LogP contribution is -2.30. The quantitative estimate of drug-likeness (QED) is 0.789. The Labute approximate surface area is 95.8 Å². The van der Waals surface area contributed by atoms with E-state index in [2.05, 4.69) is 5.32 Å². The SMILES string of the molecule is COc1ccccc1C(=O)C1(C)CCNC1. The predicted molar refractivity (Wildman–Crippen MR) is 62.9 cm³/mol. The second-order valence-corrected chi connectivity index (χ2v) is 4.52. The van der Waals surface area contributed by atoms with Crippen molar-refractivity contribution in [2.45, 2.75) is 13.3 Å². The standard InChI is InChI=1S/C13H17NO2/c1-13(7-8-14-9-13)12(15)10-5-3-4-6-11(10)16-2/h3-6,14H,7-9H2,1-2H3. The van der Waals surface area contributed by atoms with E-state index in [0.29, 0.717) is 11.3 Å². The zero-order valence-electron chi connectivity index (χ0n) is 9.75. The van der Waals surface area contributed by atoms with Crippen LogP contribution in [0.2, 0.25) is 0 Å². The number of carbonyl (C=O) groups excluding carboxylic acids is 1. The molecule has 3 heteroatoms. The van der Waals surface area contributed by atoms with Crippen molar-refractivity contribution in [1.29, 1.82) is 0 Å². The van der Waals surface area contributed by atoms with Crippen LogP contribution in [0.25, 0.3) is 0 Å². The van der Waals surface area contributed by atoms with E-state index in [1.54, 1.807) is 7.11 Å². The van der Waals surface area contributed by atoms with Crippen LogP contribution in [-0.2, 0) is 0 Å². The van der Waals surface area contributed by atoms with E-state index in [0.717, 1.165) is 19.5 Å². The number of benzene rings is 1. The molecular formula is C13H17NO2. The van der Waals surface area contributed by atoms with Gasteiger partial charge < -0.3 is 10.1 Å². The number of nitrogens with one attached hydrogen (secondary N) is 1. The van der Waals surface area contributed by atoms with Crippen LogP contribution in [0.1, 0.15) is 23.7 Å². The second-order valence-electron chi connectivity index (χ2n) is 4.52. The van der Waals surface area contributed by atoms with E-state index in [4.69, 9.17) is 4.74 Å². The largest absolute Gasteiger partial charge is 0.496 e. The first-order valence-corrected chi connectivity index (χ1v) is 5.56. The number of hydrogen-bond donors (Lipinski definition) is 1. The van der Waals surface area contributed by atoms with Gasteiger partial charge in [0.1, 0.15) is 5.75 Å². The maximum absolute atomic E-state index is 12.4. The Hall–Kier alpha value is -1.35. The molecule has 0 aliphatic carbocycles. The van der Waals surface area contributed by atoms with E-state index in [-0.39, 0.29) is 11.2 Å². The van der Waals surface area contributed by atoms with Crippen LogP contribution in [0.5, 0.6) is 5.75 Å². The molecule has 1 atom stereocenters. The number of hydrogen-bond acceptors (Lipinski definition) is 3. The maximum Gasteiger partial charge on any atom is 0.173 e. The van der Waals surface area contributed by atoms with Crippen LogP contribution in [0, 0.1) is 5.41 Å². The van der Waals surface area contributed by atoms with E-state index >= 15 is 0 Å². The summed E-state index contributed by atoms with van der Waals surface area (Å²) in [4.78, 5) is 12.4. The van der Waals surface area contributed by atoms with Crippen molar-refractivity contribution in [3.63, 3.8) is 0 Å². The first-order chi connectivity index (χ1) is 7.67. The lowest BCUT2D eigenvalue weighted by atomic mass is 9.81. The highest BCUT2D eigenvalue weighted by Crippen LogP contribution is 2.32. The summed E-state index contributed by atoms with van der Waals surface area (Å²) >= 11 is 0. The molecule has 1 fully saturated rings. The topological polar surface area (TPSA) is 38.3 Å². The van der Waals surface area contributed by atoms with Gasteiger partial charge in [0.2, 0.25) is 0 Å². The zero-order valence-corrected chi connectivity index (χ0v) is 9.75. The Morgan fingerprint density at radius 3 is 2.81 bits per heavy atom. The summed E-state index contributed by atoms with van der Waals surface area (Å²) in [6, 6.07) is 7.43. The number of para-hydroxylation sites is 1. The average Bonchev–Trinajstić information content (AvgIpc) is 2.76. The van der Waals surface area contributed by atoms with E-state index < -0.39 is 0 Å². The molecule has 86 valence electrons. The summed E-state index contributed by atoms with van der Waals surface area (Å²) in [7, 11) is 1.60. The molecule has 1 aromatic carbocycles. The van der Waals surface area contributed by atoms with E-state index in [9.17, 15) is 4.79 Å². The third-order valence-electron chi connectivity index (χ3n) is 3.27. The number of carbonyl (C=O) groups is 1. The van der Waals surface area contributed by atoms with Crippen LogP contribution in [-0.4, -0.2) is 26.0 Å². The smallest absolute Gasteiger partial charge is 0.173 e. The molecule has 1 saturated heterocycles. The van der Waals surface area contributed by atoms with Crippen molar-refractivity contribution in [1.82, 2.24) is 5.32 Å². The highest BCUT2D eigenvalue weighted by Gasteiger charge is 2.37. The molecule has 1 aliphatic heterocycles. The molecule has 1 aliphatic rings. The van der Waals surface area contributed by atoms with Gasteiger partial charge in [-0.25, -0.2) is 0 Å². The summed E-state index contributed by atoms with van der Waals surface area (Å²) in [6.07, 6.45) is 0.893. The molecule has 1 heterocycles. The minimum Gasteiger partial charge on any atom is -0.496 e. The molecule has 1 unspecified atom stereocenters. The second kappa shape index (κ2) is 4.26. The van der Waals surface area contributed by atoms with Crippen molar-refractivity contribution >= 4 is 5.78 Å². The fourth-order valence-electron chi connectivity index (χ4n) is 2.17. The highest BCUT2D eigenvalue weighted by atomic mass is 16.5. The minimum absolute atomic E-state index is 0.176. The summed E-state index contributed by atoms with van der Waals surface area (Å²) in [6.45, 7) is 3.68. The minimum atomic E-state index is -0.283. The van der Waals surface area contributed by atoms with Crippen molar-refractivity contribution < 1.29 is 9.53 Å². The molecule has 2 rings (SSSR count). The summed E-state index contributed by atoms with van der Waals surface area (Å²) < 4.78 is 5.23. The van der Waals surface area contributed by atoms with E-state index in [1.165, 1.54) is 0 Å². The van der Waals surface area contributed by atoms with Crippen LogP contribution in [0.3, 0.4) is 0 Å². The van der Waals surface area contributed by atoms with Crippen molar-refractivity contribution in [3.8, 4) is 5.75 Å². The predicted octanol–water partition coefficient (Wildman–Crippen LogP) is 1.88. The zero-order chi connectivity index (χ0) is 11.6. The van der Waals surface area contributed by atoms with Gasteiger partial charge in [0.15, 0.2) is 5.78 Å². The molecule has 16 heavy (non-hydrogen) atoms. The molecule has 0 radical (unpaired) electrons. The molecular weight excluding hydrogens is 202 g/mol. The fourth-order valence-corrected chi connectivity index (χ4v) is 2.17. The van der Waals surface area contributed by atoms with Gasteiger partial charge in [0.05, 0.1) is 12.7 Å². The Balaban J connectivity index is 2.33. The number of methoxy groups -OCH3 is 1. The molecule has 1 N–H and O–H groups in total. The molecule has 3 nitrogen and oxygen atoms in total. The van der Waals surface area contributed by atoms with Crippen molar-refractivity contribution in [3.05, 3.63) is 29.8 Å². The monoisotopic (exact) mass is 219 g/mol. The Morgan fingerprint density at radius 1 is 1.44 bits per heavy atom. The van der Waals surface area contributed by atoms with Gasteiger partial charge in [-0.05, 0) is 25.1 Å². The van der Waals surface area contributed by atoms with Crippen LogP contribution >= 0.6 is 0 Å². The Kier molecular flexibility index (Phi) is 2.97. The van der Waals surface area contributed by atoms with Crippen LogP contribution < -0.4 is 10.1 Å². The summed E-state index contributed by atoms with van der Waals surface area (Å²) in [5.74, 6) is 0.843. The normalized spacial score (nSPS) is 24.4. The van der Waals surface area contributed by atoms with E-state index in [1.807, 2.05) is 31.2 Å². The van der Waals surface area contributed by atoms with Crippen LogP contribution in [0.15, 0.2) is 24.3 Å². The molecule has 0 saturated carbocycles. The average molecular weight is 219 g/mol. The highest BCUT2D eigenvalue weighted by molar-refractivity contribution is 6.02. The van der Waals surface area contributed by atoms with Gasteiger partial charge in [-0.2, -0.15) is 0 Å². The van der Waals surface area contributed by atoms with Crippen LogP contribution in [0.4, 0.5) is 0 Å². The van der Waals surface area contributed by atoms with Gasteiger partial charge in [-0.15, -0.1) is 0 Å². The van der Waals surface area contributed by atoms with Crippen molar-refractivity contribution in [2.75, 3.05) is 20.2 Å². The van der Waals surface area contributed by atoms with Gasteiger partial charge in [0.25, 0.3) is 0 Å². The third-order valence-corrected chi connectivity index (χ3v) is 3.27. The lowest BCUT2D eigenvalue weighted by Gasteiger charge is -2.21. The number of ketones is 1. The molecule has 0 aromatic heterocycles. The molecule has 0 amide bonds. The first kappa shape index (κ1) is 11.1. The Bertz CT molecular complexity index is 395. The number of ether oxygens (including phenoxy) is 1. The molecule has 0 spiro atoms. The van der Waals surface area contributed by atoms with Gasteiger partial charge in [0, 0.05) is 12.0 Å². The fraction of sp³-hybridized carbons (Fsp3) is 0.462. The first-order valence-electron chi connectivity index (χ1n) is 5.56. The van der Waals surface area contributed by atoms with Gasteiger partial charge >= 0.3 is 0 Å². The van der Waals surface area contributed by atoms with Gasteiger partial charge in [-0.1, -0.05) is 19.1 Å². The summed E-state index contributed by atoms with van der Waals surface area (Å²) in [5.41, 5.74) is 0.408. The number of rotatable bonds is 3. The van der Waals surface area contributed by atoms with Gasteiger partial charge in [-0.3, -0.25) is 4.79 Å². The molecule has 0 bridgehead atoms. The van der Waals surface area contributed by atoms with Crippen molar-refractivity contribution in [2.24, 2.45) is 5.41 Å². The Morgan fingerprint density at radius 2 is 2.19 bits per heavy atom. The summed E-state index contributed by atoms with van der Waals surface area (Å²) in [5, 5.41) is 3.24. The maximum atomic E-state index is 12.4. The third kappa shape index (κ3) is 1.83. The molecule has 1 aromatic rings. The lowest BCUT2D eigenvalue weighted by molar-refractivity contribution is 0.0836. The number of Topliss-reactive ketones (excluding diaryl/α,β-unsaturated/α-hetero) is 1.